The van der Waals surface area contributed by atoms with Crippen LogP contribution >= 0.6 is 27.7 Å². The smallest absolute Gasteiger partial charge is 0.234 e. The molecule has 100 valence electrons. The Morgan fingerprint density at radius 3 is 2.65 bits per heavy atom. The minimum Gasteiger partial charge on any atom is -0.324 e. The summed E-state index contributed by atoms with van der Waals surface area (Å²) in [5, 5.41) is 11.7. The minimum absolute atomic E-state index is 0.131. The van der Waals surface area contributed by atoms with Gasteiger partial charge in [-0.15, -0.1) is 11.8 Å². The third-order valence-electron chi connectivity index (χ3n) is 2.52. The highest BCUT2D eigenvalue weighted by Crippen LogP contribution is 2.27. The third-order valence-corrected chi connectivity index (χ3v) is 4.54. The van der Waals surface area contributed by atoms with E-state index in [0.717, 1.165) is 9.37 Å². The maximum Gasteiger partial charge on any atom is 0.234 e. The number of carbonyl (C=O) groups excluding carboxylic acids is 1. The molecule has 0 unspecified atom stereocenters. The van der Waals surface area contributed by atoms with E-state index in [-0.39, 0.29) is 5.91 Å². The average Bonchev–Trinajstić information content (AvgIpc) is 2.47. The lowest BCUT2D eigenvalue weighted by Crippen LogP contribution is -2.14. The van der Waals surface area contributed by atoms with Gasteiger partial charge >= 0.3 is 0 Å². The van der Waals surface area contributed by atoms with E-state index in [4.69, 9.17) is 5.26 Å². The number of thioether (sulfide) groups is 1. The largest absolute Gasteiger partial charge is 0.324 e. The maximum absolute atomic E-state index is 11.9. The van der Waals surface area contributed by atoms with E-state index in [1.807, 2.05) is 24.3 Å². The van der Waals surface area contributed by atoms with E-state index < -0.39 is 0 Å². The Labute approximate surface area is 130 Å². The summed E-state index contributed by atoms with van der Waals surface area (Å²) < 4.78 is 0.968. The van der Waals surface area contributed by atoms with Crippen LogP contribution in [0, 0.1) is 11.3 Å². The van der Waals surface area contributed by atoms with Crippen molar-refractivity contribution >= 4 is 39.3 Å². The van der Waals surface area contributed by atoms with Crippen LogP contribution in [0.3, 0.4) is 0 Å². The minimum atomic E-state index is -0.131. The number of benzene rings is 2. The lowest BCUT2D eigenvalue weighted by molar-refractivity contribution is -0.113. The molecule has 0 aliphatic carbocycles. The Morgan fingerprint density at radius 2 is 1.90 bits per heavy atom. The van der Waals surface area contributed by atoms with Gasteiger partial charge in [-0.05, 0) is 40.2 Å². The summed E-state index contributed by atoms with van der Waals surface area (Å²) in [4.78, 5) is 12.9. The highest BCUT2D eigenvalue weighted by molar-refractivity contribution is 9.10. The van der Waals surface area contributed by atoms with E-state index in [2.05, 4.69) is 27.3 Å². The molecule has 0 bridgehead atoms. The Bertz CT molecular complexity index is 667. The Kier molecular flexibility index (Phi) is 5.22. The maximum atomic E-state index is 11.9. The molecule has 2 aromatic rings. The van der Waals surface area contributed by atoms with Crippen molar-refractivity contribution in [2.45, 2.75) is 4.90 Å². The van der Waals surface area contributed by atoms with Crippen LogP contribution in [0.5, 0.6) is 0 Å². The zero-order valence-corrected chi connectivity index (χ0v) is 12.9. The fraction of sp³-hybridized carbons (Fsp3) is 0.0667. The molecule has 0 saturated heterocycles. The van der Waals surface area contributed by atoms with Crippen molar-refractivity contribution in [1.82, 2.24) is 0 Å². The van der Waals surface area contributed by atoms with Crippen molar-refractivity contribution in [2.24, 2.45) is 0 Å². The van der Waals surface area contributed by atoms with Crippen molar-refractivity contribution in [1.29, 1.82) is 5.26 Å². The van der Waals surface area contributed by atoms with Gasteiger partial charge in [0.05, 0.1) is 17.0 Å². The number of hydrogen-bond acceptors (Lipinski definition) is 3. The lowest BCUT2D eigenvalue weighted by atomic mass is 10.2. The normalized spacial score (nSPS) is 9.80. The summed E-state index contributed by atoms with van der Waals surface area (Å²) in [6.45, 7) is 0. The monoisotopic (exact) mass is 346 g/mol. The van der Waals surface area contributed by atoms with E-state index >= 15 is 0 Å². The second-order valence-electron chi connectivity index (χ2n) is 3.92. The fourth-order valence-electron chi connectivity index (χ4n) is 1.58. The van der Waals surface area contributed by atoms with Crippen LogP contribution in [0.4, 0.5) is 5.69 Å². The van der Waals surface area contributed by atoms with Crippen LogP contribution in [0.2, 0.25) is 0 Å². The predicted octanol–water partition coefficient (Wildman–Crippen LogP) is 4.05. The van der Waals surface area contributed by atoms with Crippen molar-refractivity contribution < 1.29 is 4.79 Å². The van der Waals surface area contributed by atoms with Gasteiger partial charge in [-0.2, -0.15) is 5.26 Å². The number of anilines is 1. The molecule has 0 fully saturated rings. The van der Waals surface area contributed by atoms with Crippen LogP contribution in [0.1, 0.15) is 5.56 Å². The third kappa shape index (κ3) is 3.86. The van der Waals surface area contributed by atoms with Gasteiger partial charge in [-0.25, -0.2) is 0 Å². The number of hydrogen-bond donors (Lipinski definition) is 1. The molecule has 1 N–H and O–H groups in total. The molecule has 0 aromatic heterocycles. The number of halogens is 1. The molecule has 0 aliphatic heterocycles. The van der Waals surface area contributed by atoms with Crippen molar-refractivity contribution in [3.05, 3.63) is 58.6 Å². The average molecular weight is 347 g/mol. The molecule has 0 atom stereocenters. The lowest BCUT2D eigenvalue weighted by Gasteiger charge is -2.07. The number of carbonyl (C=O) groups is 1. The molecule has 3 nitrogen and oxygen atoms in total. The molecule has 20 heavy (non-hydrogen) atoms. The van der Waals surface area contributed by atoms with Gasteiger partial charge in [-0.1, -0.05) is 24.3 Å². The molecule has 1 amide bonds. The zero-order chi connectivity index (χ0) is 14.4. The summed E-state index contributed by atoms with van der Waals surface area (Å²) in [6.07, 6.45) is 0. The van der Waals surface area contributed by atoms with E-state index in [9.17, 15) is 4.79 Å². The highest BCUT2D eigenvalue weighted by atomic mass is 79.9. The number of amides is 1. The SMILES string of the molecule is N#Cc1ccccc1NC(=O)CSc1ccccc1Br. The molecule has 0 heterocycles. The fourth-order valence-corrected chi connectivity index (χ4v) is 2.95. The molecule has 0 radical (unpaired) electrons. The summed E-state index contributed by atoms with van der Waals surface area (Å²) in [5.74, 6) is 0.163. The number of rotatable bonds is 4. The Morgan fingerprint density at radius 1 is 1.20 bits per heavy atom. The summed E-state index contributed by atoms with van der Waals surface area (Å²) >= 11 is 4.89. The van der Waals surface area contributed by atoms with Crippen LogP contribution < -0.4 is 5.32 Å². The van der Waals surface area contributed by atoms with Gasteiger partial charge in [0, 0.05) is 9.37 Å². The van der Waals surface area contributed by atoms with Gasteiger partial charge in [0.25, 0.3) is 0 Å². The summed E-state index contributed by atoms with van der Waals surface area (Å²) in [7, 11) is 0. The van der Waals surface area contributed by atoms with E-state index in [1.54, 1.807) is 24.3 Å². The van der Waals surface area contributed by atoms with Crippen molar-refractivity contribution in [3.63, 3.8) is 0 Å². The first kappa shape index (κ1) is 14.6. The molecular formula is C15H11BrN2OS. The Balaban J connectivity index is 1.97. The molecule has 0 saturated carbocycles. The number of para-hydroxylation sites is 1. The zero-order valence-electron chi connectivity index (χ0n) is 10.5. The second kappa shape index (κ2) is 7.13. The molecule has 2 rings (SSSR count). The van der Waals surface area contributed by atoms with Gasteiger partial charge in [0.1, 0.15) is 6.07 Å². The first-order chi connectivity index (χ1) is 9.70. The van der Waals surface area contributed by atoms with Crippen molar-refractivity contribution in [3.8, 4) is 6.07 Å². The van der Waals surface area contributed by atoms with E-state index in [0.29, 0.717) is 17.0 Å². The van der Waals surface area contributed by atoms with Crippen molar-refractivity contribution in [2.75, 3.05) is 11.1 Å². The number of nitriles is 1. The Hall–Kier alpha value is -1.77. The van der Waals surface area contributed by atoms with E-state index in [1.165, 1.54) is 11.8 Å². The number of nitrogens with one attached hydrogen (secondary N) is 1. The molecule has 0 aliphatic rings. The highest BCUT2D eigenvalue weighted by Gasteiger charge is 2.08. The molecule has 2 aromatic carbocycles. The molecule has 0 spiro atoms. The van der Waals surface area contributed by atoms with Crippen LogP contribution in [0.25, 0.3) is 0 Å². The summed E-state index contributed by atoms with van der Waals surface area (Å²) in [5.41, 5.74) is 1.01. The topological polar surface area (TPSA) is 52.9 Å². The van der Waals surface area contributed by atoms with Gasteiger partial charge in [-0.3, -0.25) is 4.79 Å². The summed E-state index contributed by atoms with van der Waals surface area (Å²) in [6, 6.07) is 16.8. The van der Waals surface area contributed by atoms with Gasteiger partial charge in [0.15, 0.2) is 0 Å². The quantitative estimate of drug-likeness (QED) is 0.849. The van der Waals surface area contributed by atoms with Gasteiger partial charge in [0.2, 0.25) is 5.91 Å². The second-order valence-corrected chi connectivity index (χ2v) is 5.80. The standard InChI is InChI=1S/C15H11BrN2OS/c16-12-6-2-4-8-14(12)20-10-15(19)18-13-7-3-1-5-11(13)9-17/h1-8H,10H2,(H,18,19). The van der Waals surface area contributed by atoms with Gasteiger partial charge < -0.3 is 5.32 Å². The molecule has 5 heteroatoms. The molecular weight excluding hydrogens is 336 g/mol. The predicted molar refractivity (Wildman–Crippen MR) is 84.7 cm³/mol. The first-order valence-corrected chi connectivity index (χ1v) is 7.65. The first-order valence-electron chi connectivity index (χ1n) is 5.87. The van der Waals surface area contributed by atoms with Crippen LogP contribution in [-0.4, -0.2) is 11.7 Å². The number of nitrogens with zero attached hydrogens (tertiary/aromatic N) is 1. The van der Waals surface area contributed by atoms with Crippen LogP contribution in [-0.2, 0) is 4.79 Å². The van der Waals surface area contributed by atoms with Crippen LogP contribution in [0.15, 0.2) is 57.9 Å².